The Balaban J connectivity index is 1.75. The van der Waals surface area contributed by atoms with E-state index in [9.17, 15) is 13.2 Å². The van der Waals surface area contributed by atoms with Gasteiger partial charge >= 0.3 is 6.18 Å². The predicted molar refractivity (Wildman–Crippen MR) is 100.0 cm³/mol. The minimum Gasteiger partial charge on any atom is -0.337 e. The first-order chi connectivity index (χ1) is 12.8. The zero-order valence-electron chi connectivity index (χ0n) is 14.0. The van der Waals surface area contributed by atoms with Crippen molar-refractivity contribution in [3.05, 3.63) is 64.4 Å². The van der Waals surface area contributed by atoms with Gasteiger partial charge in [0.05, 0.1) is 22.3 Å². The number of benzene rings is 1. The van der Waals surface area contributed by atoms with Crippen LogP contribution in [0.25, 0.3) is 33.8 Å². The quantitative estimate of drug-likeness (QED) is 0.436. The third-order valence-electron chi connectivity index (χ3n) is 4.13. The molecular weight excluding hydrogens is 421 g/mol. The van der Waals surface area contributed by atoms with E-state index in [-0.39, 0.29) is 5.69 Å². The van der Waals surface area contributed by atoms with Gasteiger partial charge in [-0.2, -0.15) is 13.2 Å². The lowest BCUT2D eigenvalue weighted by Crippen LogP contribution is -2.08. The van der Waals surface area contributed by atoms with Gasteiger partial charge in [0.25, 0.3) is 0 Å². The van der Waals surface area contributed by atoms with Crippen molar-refractivity contribution in [3.8, 4) is 22.8 Å². The number of hydrogen-bond donors (Lipinski definition) is 1. The lowest BCUT2D eigenvalue weighted by molar-refractivity contribution is -0.137. The molecule has 0 spiro atoms. The van der Waals surface area contributed by atoms with E-state index in [1.807, 2.05) is 19.1 Å². The molecule has 0 radical (unpaired) electrons. The van der Waals surface area contributed by atoms with Crippen LogP contribution in [-0.2, 0) is 6.18 Å². The van der Waals surface area contributed by atoms with E-state index in [0.29, 0.717) is 17.1 Å². The lowest BCUT2D eigenvalue weighted by atomic mass is 10.1. The maximum Gasteiger partial charge on any atom is 0.418 e. The number of aromatic nitrogens is 4. The average molecular weight is 433 g/mol. The number of rotatable bonds is 2. The molecule has 0 aliphatic heterocycles. The number of pyridine rings is 2. The fraction of sp³-hybridized carbons (Fsp3) is 0.105. The standard InChI is InChI=1S/C19H12BrF3N4/c1-10-7-12(20)8-15-16(10)27-18(26-15)14-5-4-11(9-25-14)17-13(19(21,22)23)3-2-6-24-17/h2-9H,1H3,(H,26,27). The van der Waals surface area contributed by atoms with E-state index < -0.39 is 11.7 Å². The van der Waals surface area contributed by atoms with Crippen molar-refractivity contribution in [1.29, 1.82) is 0 Å². The van der Waals surface area contributed by atoms with Gasteiger partial charge in [0.2, 0.25) is 0 Å². The summed E-state index contributed by atoms with van der Waals surface area (Å²) in [6, 6.07) is 9.35. The average Bonchev–Trinajstić information content (AvgIpc) is 3.05. The third-order valence-corrected chi connectivity index (χ3v) is 4.59. The van der Waals surface area contributed by atoms with E-state index in [4.69, 9.17) is 0 Å². The number of halogens is 4. The molecule has 136 valence electrons. The Morgan fingerprint density at radius 3 is 2.59 bits per heavy atom. The minimum absolute atomic E-state index is 0.145. The number of nitrogens with zero attached hydrogens (tertiary/aromatic N) is 3. The molecule has 4 nitrogen and oxygen atoms in total. The van der Waals surface area contributed by atoms with Crippen LogP contribution in [0.3, 0.4) is 0 Å². The van der Waals surface area contributed by atoms with Gasteiger partial charge in [0, 0.05) is 22.4 Å². The van der Waals surface area contributed by atoms with Crippen molar-refractivity contribution in [3.63, 3.8) is 0 Å². The number of aryl methyl sites for hydroxylation is 1. The number of fused-ring (bicyclic) bond motifs is 1. The highest BCUT2D eigenvalue weighted by molar-refractivity contribution is 9.10. The summed E-state index contributed by atoms with van der Waals surface area (Å²) in [5.74, 6) is 0.551. The van der Waals surface area contributed by atoms with Crippen LogP contribution in [0.15, 0.2) is 53.3 Å². The summed E-state index contributed by atoms with van der Waals surface area (Å²) in [6.45, 7) is 1.95. The molecule has 0 atom stereocenters. The van der Waals surface area contributed by atoms with Crippen molar-refractivity contribution < 1.29 is 13.2 Å². The first-order valence-electron chi connectivity index (χ1n) is 7.98. The summed E-state index contributed by atoms with van der Waals surface area (Å²) in [4.78, 5) is 15.9. The lowest BCUT2D eigenvalue weighted by Gasteiger charge is -2.11. The normalized spacial score (nSPS) is 11.9. The summed E-state index contributed by atoms with van der Waals surface area (Å²) in [5.41, 5.74) is 2.57. The van der Waals surface area contributed by atoms with E-state index in [1.165, 1.54) is 18.5 Å². The van der Waals surface area contributed by atoms with E-state index in [0.717, 1.165) is 27.1 Å². The highest BCUT2D eigenvalue weighted by atomic mass is 79.9. The maximum atomic E-state index is 13.2. The Kier molecular flexibility index (Phi) is 4.22. The Labute approximate surface area is 160 Å². The van der Waals surface area contributed by atoms with Gasteiger partial charge in [-0.25, -0.2) is 4.98 Å². The molecule has 0 saturated heterocycles. The van der Waals surface area contributed by atoms with Gasteiger partial charge in [-0.3, -0.25) is 9.97 Å². The summed E-state index contributed by atoms with van der Waals surface area (Å²) < 4.78 is 40.5. The number of imidazole rings is 1. The molecule has 0 aliphatic carbocycles. The highest BCUT2D eigenvalue weighted by Crippen LogP contribution is 2.35. The molecule has 4 rings (SSSR count). The number of H-pyrrole nitrogens is 1. The molecule has 3 heterocycles. The molecule has 0 aliphatic rings. The number of aromatic amines is 1. The second-order valence-electron chi connectivity index (χ2n) is 6.03. The van der Waals surface area contributed by atoms with Crippen LogP contribution in [0, 0.1) is 6.92 Å². The van der Waals surface area contributed by atoms with Crippen LogP contribution >= 0.6 is 15.9 Å². The van der Waals surface area contributed by atoms with Crippen LogP contribution < -0.4 is 0 Å². The van der Waals surface area contributed by atoms with Crippen LogP contribution in [-0.4, -0.2) is 19.9 Å². The molecule has 4 aromatic rings. The number of nitrogens with one attached hydrogen (secondary N) is 1. The zero-order valence-corrected chi connectivity index (χ0v) is 15.6. The van der Waals surface area contributed by atoms with Gasteiger partial charge in [0.1, 0.15) is 5.69 Å². The smallest absolute Gasteiger partial charge is 0.337 e. The number of hydrogen-bond acceptors (Lipinski definition) is 3. The molecular formula is C19H12BrF3N4. The van der Waals surface area contributed by atoms with Gasteiger partial charge in [-0.15, -0.1) is 0 Å². The SMILES string of the molecule is Cc1cc(Br)cc2[nH]c(-c3ccc(-c4ncccc4C(F)(F)F)cn3)nc12. The van der Waals surface area contributed by atoms with Gasteiger partial charge in [-0.1, -0.05) is 15.9 Å². The largest absolute Gasteiger partial charge is 0.418 e. The molecule has 8 heteroatoms. The first-order valence-corrected chi connectivity index (χ1v) is 8.77. The molecule has 27 heavy (non-hydrogen) atoms. The summed E-state index contributed by atoms with van der Waals surface area (Å²) in [6.07, 6.45) is -1.77. The zero-order chi connectivity index (χ0) is 19.2. The van der Waals surface area contributed by atoms with Crippen LogP contribution in [0.4, 0.5) is 13.2 Å². The third kappa shape index (κ3) is 3.32. The Morgan fingerprint density at radius 1 is 1.07 bits per heavy atom. The molecule has 0 amide bonds. The highest BCUT2D eigenvalue weighted by Gasteiger charge is 2.34. The monoisotopic (exact) mass is 432 g/mol. The van der Waals surface area contributed by atoms with E-state index >= 15 is 0 Å². The van der Waals surface area contributed by atoms with Gasteiger partial charge < -0.3 is 4.98 Å². The second kappa shape index (κ2) is 6.45. The Bertz CT molecular complexity index is 1130. The molecule has 0 fully saturated rings. The summed E-state index contributed by atoms with van der Waals surface area (Å²) >= 11 is 3.44. The van der Waals surface area contributed by atoms with Crippen molar-refractivity contribution in [1.82, 2.24) is 19.9 Å². The van der Waals surface area contributed by atoms with E-state index in [1.54, 1.807) is 12.1 Å². The molecule has 0 bridgehead atoms. The van der Waals surface area contributed by atoms with Crippen molar-refractivity contribution in [2.45, 2.75) is 13.1 Å². The fourth-order valence-corrected chi connectivity index (χ4v) is 3.48. The second-order valence-corrected chi connectivity index (χ2v) is 6.95. The van der Waals surface area contributed by atoms with Gasteiger partial charge in [-0.05, 0) is 48.9 Å². The van der Waals surface area contributed by atoms with Crippen LogP contribution in [0.5, 0.6) is 0 Å². The molecule has 1 aromatic carbocycles. The van der Waals surface area contributed by atoms with Crippen LogP contribution in [0.1, 0.15) is 11.1 Å². The van der Waals surface area contributed by atoms with E-state index in [2.05, 4.69) is 35.9 Å². The van der Waals surface area contributed by atoms with Gasteiger partial charge in [0.15, 0.2) is 5.82 Å². The fourth-order valence-electron chi connectivity index (χ4n) is 2.91. The molecule has 3 aromatic heterocycles. The van der Waals surface area contributed by atoms with Crippen molar-refractivity contribution >= 4 is 27.0 Å². The molecule has 0 unspecified atom stereocenters. The minimum atomic E-state index is -4.48. The predicted octanol–water partition coefficient (Wildman–Crippen LogP) is 5.78. The topological polar surface area (TPSA) is 54.5 Å². The van der Waals surface area contributed by atoms with Crippen LogP contribution in [0.2, 0.25) is 0 Å². The van der Waals surface area contributed by atoms with Crippen molar-refractivity contribution in [2.75, 3.05) is 0 Å². The van der Waals surface area contributed by atoms with Crippen molar-refractivity contribution in [2.24, 2.45) is 0 Å². The maximum absolute atomic E-state index is 13.2. The summed E-state index contributed by atoms with van der Waals surface area (Å²) in [7, 11) is 0. The summed E-state index contributed by atoms with van der Waals surface area (Å²) in [5, 5.41) is 0. The Morgan fingerprint density at radius 2 is 1.89 bits per heavy atom. The first kappa shape index (κ1) is 17.7. The molecule has 0 saturated carbocycles. The Hall–Kier alpha value is -2.74. The molecule has 1 N–H and O–H groups in total. The number of alkyl halides is 3.